The molecule has 23 heavy (non-hydrogen) atoms. The highest BCUT2D eigenvalue weighted by Crippen LogP contribution is 2.19. The highest BCUT2D eigenvalue weighted by atomic mass is 16.7. The summed E-state index contributed by atoms with van der Waals surface area (Å²) >= 11 is 0. The quantitative estimate of drug-likeness (QED) is 0.640. The maximum atomic E-state index is 11.8. The third-order valence-corrected chi connectivity index (χ3v) is 3.39. The zero-order valence-corrected chi connectivity index (χ0v) is 12.6. The summed E-state index contributed by atoms with van der Waals surface area (Å²) in [6.45, 7) is 0. The maximum Gasteiger partial charge on any atom is 0.368 e. The topological polar surface area (TPSA) is 47.9 Å². The minimum atomic E-state index is -0.445. The number of carbonyl (C=O) groups is 1. The molecule has 0 spiro atoms. The van der Waals surface area contributed by atoms with Crippen LogP contribution in [0.4, 0.5) is 0 Å². The van der Waals surface area contributed by atoms with Crippen molar-refractivity contribution in [3.63, 3.8) is 0 Å². The highest BCUT2D eigenvalue weighted by molar-refractivity contribution is 6.29. The van der Waals surface area contributed by atoms with Gasteiger partial charge in [0.25, 0.3) is 0 Å². The first-order chi connectivity index (χ1) is 11.3. The summed E-state index contributed by atoms with van der Waals surface area (Å²) in [5.41, 5.74) is 2.81. The van der Waals surface area contributed by atoms with E-state index >= 15 is 0 Å². The monoisotopic (exact) mass is 305 g/mol. The van der Waals surface area contributed by atoms with Crippen LogP contribution in [-0.4, -0.2) is 18.8 Å². The number of benzene rings is 2. The summed E-state index contributed by atoms with van der Waals surface area (Å²) in [4.78, 5) is 16.6. The van der Waals surface area contributed by atoms with Crippen LogP contribution in [0.3, 0.4) is 0 Å². The van der Waals surface area contributed by atoms with Crippen molar-refractivity contribution in [2.75, 3.05) is 7.11 Å². The number of carbonyl (C=O) groups excluding carboxylic acids is 1. The second-order valence-electron chi connectivity index (χ2n) is 4.90. The molecule has 0 N–H and O–H groups in total. The molecule has 0 unspecified atom stereocenters. The Labute approximate surface area is 134 Å². The Bertz CT molecular complexity index is 804. The molecule has 2 aromatic rings. The van der Waals surface area contributed by atoms with Crippen molar-refractivity contribution >= 4 is 17.8 Å². The summed E-state index contributed by atoms with van der Waals surface area (Å²) in [5.74, 6) is 0.339. The fourth-order valence-corrected chi connectivity index (χ4v) is 2.23. The van der Waals surface area contributed by atoms with Gasteiger partial charge in [-0.2, -0.15) is 0 Å². The SMILES string of the molecule is COc1cccc(/C=C/C=C2/C(=O)ON=C2c2ccccc2)c1. The number of ether oxygens (including phenoxy) is 1. The minimum absolute atomic E-state index is 0.440. The van der Waals surface area contributed by atoms with Gasteiger partial charge in [-0.25, -0.2) is 4.79 Å². The van der Waals surface area contributed by atoms with Gasteiger partial charge >= 0.3 is 5.97 Å². The van der Waals surface area contributed by atoms with Gasteiger partial charge in [0.1, 0.15) is 11.5 Å². The Morgan fingerprint density at radius 3 is 2.70 bits per heavy atom. The molecular weight excluding hydrogens is 290 g/mol. The molecule has 4 nitrogen and oxygen atoms in total. The second kappa shape index (κ2) is 6.75. The van der Waals surface area contributed by atoms with Crippen LogP contribution < -0.4 is 4.74 Å². The van der Waals surface area contributed by atoms with Gasteiger partial charge in [0, 0.05) is 5.56 Å². The first kappa shape index (κ1) is 14.8. The molecule has 0 amide bonds. The molecule has 4 heteroatoms. The fraction of sp³-hybridized carbons (Fsp3) is 0.0526. The molecule has 0 aliphatic carbocycles. The van der Waals surface area contributed by atoms with Gasteiger partial charge in [0.15, 0.2) is 0 Å². The van der Waals surface area contributed by atoms with Crippen molar-refractivity contribution < 1.29 is 14.4 Å². The molecule has 1 aliphatic rings. The number of allylic oxidation sites excluding steroid dienone is 2. The average Bonchev–Trinajstić information content (AvgIpc) is 2.97. The standard InChI is InChI=1S/C19H15NO3/c1-22-16-11-5-7-14(13-16)8-6-12-17-18(20-23-19(17)21)15-9-3-2-4-10-15/h2-13H,1H3/b8-6+,17-12+. The van der Waals surface area contributed by atoms with Crippen molar-refractivity contribution in [3.05, 3.63) is 83.4 Å². The maximum absolute atomic E-state index is 11.8. The average molecular weight is 305 g/mol. The van der Waals surface area contributed by atoms with Crippen LogP contribution in [0.2, 0.25) is 0 Å². The molecule has 0 fully saturated rings. The van der Waals surface area contributed by atoms with Crippen LogP contribution in [0.25, 0.3) is 6.08 Å². The molecule has 3 rings (SSSR count). The molecule has 1 aliphatic heterocycles. The molecule has 0 aromatic heterocycles. The van der Waals surface area contributed by atoms with Crippen molar-refractivity contribution in [3.8, 4) is 5.75 Å². The summed E-state index contributed by atoms with van der Waals surface area (Å²) in [7, 11) is 1.63. The summed E-state index contributed by atoms with van der Waals surface area (Å²) in [6.07, 6.45) is 5.40. The predicted molar refractivity (Wildman–Crippen MR) is 89.2 cm³/mol. The molecule has 0 saturated heterocycles. The number of nitrogens with zero attached hydrogens (tertiary/aromatic N) is 1. The Morgan fingerprint density at radius 1 is 1.09 bits per heavy atom. The van der Waals surface area contributed by atoms with E-state index in [0.29, 0.717) is 11.3 Å². The molecule has 0 radical (unpaired) electrons. The largest absolute Gasteiger partial charge is 0.497 e. The molecule has 1 heterocycles. The van der Waals surface area contributed by atoms with Crippen molar-refractivity contribution in [1.29, 1.82) is 0 Å². The molecular formula is C19H15NO3. The van der Waals surface area contributed by atoms with Gasteiger partial charge in [0.2, 0.25) is 0 Å². The minimum Gasteiger partial charge on any atom is -0.497 e. The van der Waals surface area contributed by atoms with E-state index in [9.17, 15) is 4.79 Å². The van der Waals surface area contributed by atoms with Gasteiger partial charge < -0.3 is 9.57 Å². The van der Waals surface area contributed by atoms with Crippen LogP contribution >= 0.6 is 0 Å². The van der Waals surface area contributed by atoms with E-state index in [1.165, 1.54) is 0 Å². The molecule has 0 atom stereocenters. The predicted octanol–water partition coefficient (Wildman–Crippen LogP) is 3.60. The number of methoxy groups -OCH3 is 1. The summed E-state index contributed by atoms with van der Waals surface area (Å²) in [5, 5.41) is 3.87. The Kier molecular flexibility index (Phi) is 4.34. The smallest absolute Gasteiger partial charge is 0.368 e. The van der Waals surface area contributed by atoms with E-state index in [1.54, 1.807) is 19.3 Å². The molecule has 0 saturated carbocycles. The zero-order chi connectivity index (χ0) is 16.1. The van der Waals surface area contributed by atoms with Crippen molar-refractivity contribution in [1.82, 2.24) is 0 Å². The Balaban J connectivity index is 1.84. The van der Waals surface area contributed by atoms with Crippen LogP contribution in [0.15, 0.2) is 77.5 Å². The van der Waals surface area contributed by atoms with E-state index in [1.807, 2.05) is 60.7 Å². The van der Waals surface area contributed by atoms with Crippen LogP contribution in [-0.2, 0) is 9.63 Å². The Morgan fingerprint density at radius 2 is 1.91 bits per heavy atom. The molecule has 0 bridgehead atoms. The number of oxime groups is 1. The number of hydrogen-bond acceptors (Lipinski definition) is 4. The van der Waals surface area contributed by atoms with Gasteiger partial charge in [-0.05, 0) is 23.8 Å². The third kappa shape index (κ3) is 3.37. The normalized spacial score (nSPS) is 15.8. The highest BCUT2D eigenvalue weighted by Gasteiger charge is 2.25. The zero-order valence-electron chi connectivity index (χ0n) is 12.6. The van der Waals surface area contributed by atoms with Crippen molar-refractivity contribution in [2.45, 2.75) is 0 Å². The Hall–Kier alpha value is -3.14. The third-order valence-electron chi connectivity index (χ3n) is 3.39. The second-order valence-corrected chi connectivity index (χ2v) is 4.90. The van der Waals surface area contributed by atoms with Crippen LogP contribution in [0.1, 0.15) is 11.1 Å². The van der Waals surface area contributed by atoms with Crippen molar-refractivity contribution in [2.24, 2.45) is 5.16 Å². The summed E-state index contributed by atoms with van der Waals surface area (Å²) < 4.78 is 5.18. The molecule has 114 valence electrons. The van der Waals surface area contributed by atoms with Gasteiger partial charge in [-0.3, -0.25) is 0 Å². The molecule has 2 aromatic carbocycles. The van der Waals surface area contributed by atoms with Crippen LogP contribution in [0, 0.1) is 0 Å². The lowest BCUT2D eigenvalue weighted by Crippen LogP contribution is -2.06. The van der Waals surface area contributed by atoms with Gasteiger partial charge in [-0.15, -0.1) is 0 Å². The van der Waals surface area contributed by atoms with E-state index in [-0.39, 0.29) is 0 Å². The van der Waals surface area contributed by atoms with E-state index in [2.05, 4.69) is 5.16 Å². The first-order valence-corrected chi connectivity index (χ1v) is 7.15. The van der Waals surface area contributed by atoms with Gasteiger partial charge in [0.05, 0.1) is 12.7 Å². The summed E-state index contributed by atoms with van der Waals surface area (Å²) in [6, 6.07) is 17.1. The van der Waals surface area contributed by atoms with E-state index < -0.39 is 5.97 Å². The number of hydrogen-bond donors (Lipinski definition) is 0. The lowest BCUT2D eigenvalue weighted by atomic mass is 10.0. The number of rotatable bonds is 4. The first-order valence-electron chi connectivity index (χ1n) is 7.15. The fourth-order valence-electron chi connectivity index (χ4n) is 2.23. The van der Waals surface area contributed by atoms with E-state index in [0.717, 1.165) is 16.9 Å². The van der Waals surface area contributed by atoms with E-state index in [4.69, 9.17) is 9.57 Å². The van der Waals surface area contributed by atoms with Crippen LogP contribution in [0.5, 0.6) is 5.75 Å². The lowest BCUT2D eigenvalue weighted by molar-refractivity contribution is -0.136. The lowest BCUT2D eigenvalue weighted by Gasteiger charge is -2.00. The van der Waals surface area contributed by atoms with Gasteiger partial charge in [-0.1, -0.05) is 59.8 Å².